The molecule has 0 saturated carbocycles. The van der Waals surface area contributed by atoms with Crippen molar-refractivity contribution < 1.29 is 9.18 Å². The van der Waals surface area contributed by atoms with E-state index in [1.54, 1.807) is 43.3 Å². The smallest absolute Gasteiger partial charge is 0.244 e. The number of carbonyl (C=O) groups excluding carboxylic acids is 1. The van der Waals surface area contributed by atoms with Crippen LogP contribution in [0.1, 0.15) is 24.1 Å². The average molecular weight is 284 g/mol. The zero-order valence-electron chi connectivity index (χ0n) is 11.7. The number of nitrogens with two attached hydrogens (primary N) is 1. The molecule has 0 saturated heterocycles. The zero-order valence-corrected chi connectivity index (χ0v) is 11.7. The van der Waals surface area contributed by atoms with Crippen molar-refractivity contribution in [1.29, 1.82) is 0 Å². The van der Waals surface area contributed by atoms with Crippen LogP contribution in [0.5, 0.6) is 0 Å². The molecule has 0 aromatic heterocycles. The number of amides is 1. The second-order valence-corrected chi connectivity index (χ2v) is 4.75. The van der Waals surface area contributed by atoms with Crippen LogP contribution in [-0.2, 0) is 4.79 Å². The van der Waals surface area contributed by atoms with Crippen molar-refractivity contribution >= 4 is 17.7 Å². The number of halogens is 1. The van der Waals surface area contributed by atoms with Gasteiger partial charge in [0.1, 0.15) is 5.82 Å². The molecule has 2 rings (SSSR count). The molecule has 0 unspecified atom stereocenters. The van der Waals surface area contributed by atoms with E-state index in [-0.39, 0.29) is 11.7 Å². The maximum absolute atomic E-state index is 13.6. The SMILES string of the molecule is C[C@@H](NC(=O)/C=C/c1ccc(N)cc1)c1ccccc1F. The van der Waals surface area contributed by atoms with Crippen molar-refractivity contribution in [2.75, 3.05) is 5.73 Å². The van der Waals surface area contributed by atoms with Crippen molar-refractivity contribution in [1.82, 2.24) is 5.32 Å². The van der Waals surface area contributed by atoms with Crippen molar-refractivity contribution in [3.63, 3.8) is 0 Å². The molecule has 0 bridgehead atoms. The number of nitrogens with one attached hydrogen (secondary N) is 1. The Morgan fingerprint density at radius 3 is 2.52 bits per heavy atom. The normalized spacial score (nSPS) is 12.3. The minimum atomic E-state index is -0.394. The Morgan fingerprint density at radius 2 is 1.86 bits per heavy atom. The molecule has 1 amide bonds. The Bertz CT molecular complexity index is 650. The van der Waals surface area contributed by atoms with E-state index in [0.717, 1.165) is 5.56 Å². The lowest BCUT2D eigenvalue weighted by molar-refractivity contribution is -0.117. The summed E-state index contributed by atoms with van der Waals surface area (Å²) in [6.45, 7) is 1.74. The first-order chi connectivity index (χ1) is 10.1. The van der Waals surface area contributed by atoms with Gasteiger partial charge in [-0.15, -0.1) is 0 Å². The van der Waals surface area contributed by atoms with E-state index >= 15 is 0 Å². The van der Waals surface area contributed by atoms with Gasteiger partial charge >= 0.3 is 0 Å². The number of carbonyl (C=O) groups is 1. The third-order valence-corrected chi connectivity index (χ3v) is 3.09. The number of benzene rings is 2. The molecular weight excluding hydrogens is 267 g/mol. The van der Waals surface area contributed by atoms with Gasteiger partial charge in [-0.2, -0.15) is 0 Å². The predicted molar refractivity (Wildman–Crippen MR) is 82.8 cm³/mol. The van der Waals surface area contributed by atoms with Crippen LogP contribution >= 0.6 is 0 Å². The number of nitrogen functional groups attached to an aromatic ring is 1. The third-order valence-electron chi connectivity index (χ3n) is 3.09. The Kier molecular flexibility index (Phi) is 4.72. The van der Waals surface area contributed by atoms with Crippen LogP contribution in [0.4, 0.5) is 10.1 Å². The van der Waals surface area contributed by atoms with E-state index in [1.807, 2.05) is 12.1 Å². The standard InChI is InChI=1S/C17H17FN2O/c1-12(15-4-2-3-5-16(15)18)20-17(21)11-8-13-6-9-14(19)10-7-13/h2-12H,19H2,1H3,(H,20,21)/b11-8+/t12-/m1/s1. The molecule has 0 radical (unpaired) electrons. The van der Waals surface area contributed by atoms with Crippen LogP contribution in [0.15, 0.2) is 54.6 Å². The molecule has 0 fully saturated rings. The highest BCUT2D eigenvalue weighted by atomic mass is 19.1. The maximum Gasteiger partial charge on any atom is 0.244 e. The molecule has 4 heteroatoms. The quantitative estimate of drug-likeness (QED) is 0.668. The molecular formula is C17H17FN2O. The summed E-state index contributed by atoms with van der Waals surface area (Å²) in [5.74, 6) is -0.601. The van der Waals surface area contributed by atoms with Gasteiger partial charge in [-0.25, -0.2) is 4.39 Å². The molecule has 1 atom stereocenters. The van der Waals surface area contributed by atoms with Gasteiger partial charge in [-0.05, 0) is 36.8 Å². The molecule has 108 valence electrons. The van der Waals surface area contributed by atoms with E-state index in [2.05, 4.69) is 5.32 Å². The van der Waals surface area contributed by atoms with Gasteiger partial charge in [0, 0.05) is 17.3 Å². The first-order valence-electron chi connectivity index (χ1n) is 6.65. The molecule has 2 aromatic rings. The number of hydrogen-bond donors (Lipinski definition) is 2. The highest BCUT2D eigenvalue weighted by Crippen LogP contribution is 2.16. The Balaban J connectivity index is 1.98. The first kappa shape index (κ1) is 14.8. The van der Waals surface area contributed by atoms with Crippen molar-refractivity contribution in [2.24, 2.45) is 0 Å². The summed E-state index contributed by atoms with van der Waals surface area (Å²) >= 11 is 0. The Labute approximate surface area is 123 Å². The molecule has 21 heavy (non-hydrogen) atoms. The second kappa shape index (κ2) is 6.70. The Morgan fingerprint density at radius 1 is 1.19 bits per heavy atom. The van der Waals surface area contributed by atoms with Gasteiger partial charge in [0.05, 0.1) is 6.04 Å². The summed E-state index contributed by atoms with van der Waals surface area (Å²) in [6, 6.07) is 13.2. The summed E-state index contributed by atoms with van der Waals surface area (Å²) < 4.78 is 13.6. The molecule has 0 heterocycles. The minimum absolute atomic E-state index is 0.275. The van der Waals surface area contributed by atoms with Crippen LogP contribution in [0.25, 0.3) is 6.08 Å². The summed E-state index contributed by atoms with van der Waals surface area (Å²) in [5.41, 5.74) is 7.60. The average Bonchev–Trinajstić information content (AvgIpc) is 2.47. The van der Waals surface area contributed by atoms with E-state index in [1.165, 1.54) is 12.1 Å². The van der Waals surface area contributed by atoms with Gasteiger partial charge in [0.2, 0.25) is 5.91 Å². The van der Waals surface area contributed by atoms with Crippen molar-refractivity contribution in [3.05, 3.63) is 71.6 Å². The second-order valence-electron chi connectivity index (χ2n) is 4.75. The summed E-state index contributed by atoms with van der Waals surface area (Å²) in [6.07, 6.45) is 3.10. The molecule has 3 N–H and O–H groups in total. The molecule has 0 aliphatic carbocycles. The largest absolute Gasteiger partial charge is 0.399 e. The highest BCUT2D eigenvalue weighted by molar-refractivity contribution is 5.92. The summed E-state index contributed by atoms with van der Waals surface area (Å²) in [5, 5.41) is 2.73. The fraction of sp³-hybridized carbons (Fsp3) is 0.118. The van der Waals surface area contributed by atoms with E-state index in [0.29, 0.717) is 11.3 Å². The van der Waals surface area contributed by atoms with Crippen LogP contribution in [0.3, 0.4) is 0 Å². The number of hydrogen-bond acceptors (Lipinski definition) is 2. The minimum Gasteiger partial charge on any atom is -0.399 e. The fourth-order valence-corrected chi connectivity index (χ4v) is 1.94. The van der Waals surface area contributed by atoms with Gasteiger partial charge in [-0.1, -0.05) is 30.3 Å². The number of anilines is 1. The van der Waals surface area contributed by atoms with Crippen molar-refractivity contribution in [2.45, 2.75) is 13.0 Å². The monoisotopic (exact) mass is 284 g/mol. The molecule has 0 spiro atoms. The lowest BCUT2D eigenvalue weighted by Crippen LogP contribution is -2.25. The Hall–Kier alpha value is -2.62. The third kappa shape index (κ3) is 4.18. The van der Waals surface area contributed by atoms with Crippen molar-refractivity contribution in [3.8, 4) is 0 Å². The van der Waals surface area contributed by atoms with Gasteiger partial charge < -0.3 is 11.1 Å². The first-order valence-corrected chi connectivity index (χ1v) is 6.65. The lowest BCUT2D eigenvalue weighted by atomic mass is 10.1. The lowest BCUT2D eigenvalue weighted by Gasteiger charge is -2.13. The molecule has 3 nitrogen and oxygen atoms in total. The van der Waals surface area contributed by atoms with E-state index in [9.17, 15) is 9.18 Å². The van der Waals surface area contributed by atoms with Gasteiger partial charge in [-0.3, -0.25) is 4.79 Å². The van der Waals surface area contributed by atoms with Gasteiger partial charge in [0.15, 0.2) is 0 Å². The molecule has 0 aliphatic rings. The van der Waals surface area contributed by atoms with E-state index in [4.69, 9.17) is 5.73 Å². The topological polar surface area (TPSA) is 55.1 Å². The highest BCUT2D eigenvalue weighted by Gasteiger charge is 2.11. The number of rotatable bonds is 4. The fourth-order valence-electron chi connectivity index (χ4n) is 1.94. The summed E-state index contributed by atoms with van der Waals surface area (Å²) in [4.78, 5) is 11.8. The molecule has 2 aromatic carbocycles. The van der Waals surface area contributed by atoms with Crippen LogP contribution in [0.2, 0.25) is 0 Å². The van der Waals surface area contributed by atoms with Crippen LogP contribution < -0.4 is 11.1 Å². The van der Waals surface area contributed by atoms with Crippen LogP contribution in [-0.4, -0.2) is 5.91 Å². The van der Waals surface area contributed by atoms with Gasteiger partial charge in [0.25, 0.3) is 0 Å². The van der Waals surface area contributed by atoms with Crippen LogP contribution in [0, 0.1) is 5.82 Å². The summed E-state index contributed by atoms with van der Waals surface area (Å²) in [7, 11) is 0. The predicted octanol–water partition coefficient (Wildman–Crippen LogP) is 3.30. The maximum atomic E-state index is 13.6. The molecule has 0 aliphatic heterocycles. The van der Waals surface area contributed by atoms with E-state index < -0.39 is 6.04 Å². The zero-order chi connectivity index (χ0) is 15.2.